The van der Waals surface area contributed by atoms with E-state index in [-0.39, 0.29) is 4.90 Å². The Bertz CT molecular complexity index is 1010. The molecule has 0 saturated carbocycles. The Morgan fingerprint density at radius 2 is 1.73 bits per heavy atom. The van der Waals surface area contributed by atoms with Crippen molar-refractivity contribution in [3.63, 3.8) is 0 Å². The van der Waals surface area contributed by atoms with Gasteiger partial charge in [0.25, 0.3) is 0 Å². The van der Waals surface area contributed by atoms with E-state index >= 15 is 0 Å². The Hall–Kier alpha value is -2.52. The van der Waals surface area contributed by atoms with Gasteiger partial charge in [0, 0.05) is 17.3 Å². The fraction of sp³-hybridized carbons (Fsp3) is 0.176. The molecule has 26 heavy (non-hydrogen) atoms. The van der Waals surface area contributed by atoms with Crippen LogP contribution in [0.3, 0.4) is 0 Å². The minimum atomic E-state index is -3.64. The normalized spacial score (nSPS) is 12.1. The van der Waals surface area contributed by atoms with E-state index in [9.17, 15) is 8.42 Å². The predicted molar refractivity (Wildman–Crippen MR) is 99.3 cm³/mol. The van der Waals surface area contributed by atoms with Gasteiger partial charge in [0.1, 0.15) is 16.9 Å². The summed E-state index contributed by atoms with van der Waals surface area (Å²) in [7, 11) is -3.64. The van der Waals surface area contributed by atoms with Gasteiger partial charge in [0.15, 0.2) is 15.0 Å². The minimum Gasteiger partial charge on any atom is -0.384 e. The Morgan fingerprint density at radius 3 is 2.35 bits per heavy atom. The number of hydrogen-bond donors (Lipinski definition) is 1. The van der Waals surface area contributed by atoms with Crippen LogP contribution in [0.1, 0.15) is 19.5 Å². The van der Waals surface area contributed by atoms with Crippen LogP contribution >= 0.6 is 11.8 Å². The van der Waals surface area contributed by atoms with Crippen LogP contribution in [0.15, 0.2) is 70.1 Å². The van der Waals surface area contributed by atoms with Crippen molar-refractivity contribution >= 4 is 27.4 Å². The first-order valence-electron chi connectivity index (χ1n) is 7.68. The second kappa shape index (κ2) is 7.00. The van der Waals surface area contributed by atoms with Crippen molar-refractivity contribution in [3.05, 3.63) is 60.8 Å². The minimum absolute atomic E-state index is 0.221. The molecule has 2 N–H and O–H groups in total. The Kier molecular flexibility index (Phi) is 4.92. The van der Waals surface area contributed by atoms with E-state index in [0.717, 1.165) is 4.90 Å². The lowest BCUT2D eigenvalue weighted by atomic mass is 10.1. The highest BCUT2D eigenvalue weighted by Gasteiger charge is 2.38. The second-order valence-corrected chi connectivity index (χ2v) is 9.49. The van der Waals surface area contributed by atoms with Gasteiger partial charge in [-0.05, 0) is 62.0 Å². The number of benzene rings is 1. The smallest absolute Gasteiger partial charge is 0.194 e. The van der Waals surface area contributed by atoms with Crippen LogP contribution in [0, 0.1) is 0 Å². The topological polar surface area (TPSA) is 112 Å². The van der Waals surface area contributed by atoms with E-state index in [2.05, 4.69) is 19.9 Å². The molecule has 3 rings (SSSR count). The summed E-state index contributed by atoms with van der Waals surface area (Å²) in [5, 5.41) is 0.502. The average Bonchev–Trinajstić information content (AvgIpc) is 2.63. The number of anilines is 1. The first-order valence-corrected chi connectivity index (χ1v) is 9.98. The number of hydrogen-bond acceptors (Lipinski definition) is 8. The second-order valence-electron chi connectivity index (χ2n) is 5.95. The molecule has 7 nitrogen and oxygen atoms in total. The van der Waals surface area contributed by atoms with E-state index in [1.165, 1.54) is 24.3 Å². The zero-order valence-corrected chi connectivity index (χ0v) is 15.8. The third kappa shape index (κ3) is 3.54. The van der Waals surface area contributed by atoms with Gasteiger partial charge >= 0.3 is 0 Å². The third-order valence-corrected chi connectivity index (χ3v) is 7.20. The zero-order valence-electron chi connectivity index (χ0n) is 14.2. The highest BCUT2D eigenvalue weighted by atomic mass is 32.2. The van der Waals surface area contributed by atoms with Gasteiger partial charge in [0.05, 0.1) is 10.6 Å². The van der Waals surface area contributed by atoms with Crippen LogP contribution < -0.4 is 5.73 Å². The van der Waals surface area contributed by atoms with Crippen molar-refractivity contribution in [1.82, 2.24) is 19.9 Å². The summed E-state index contributed by atoms with van der Waals surface area (Å²) in [6.45, 7) is 3.27. The van der Waals surface area contributed by atoms with Crippen LogP contribution in [-0.4, -0.2) is 28.4 Å². The number of nitrogens with zero attached hydrogens (tertiary/aromatic N) is 4. The van der Waals surface area contributed by atoms with Crippen molar-refractivity contribution in [2.24, 2.45) is 0 Å². The van der Waals surface area contributed by atoms with Crippen LogP contribution in [0.5, 0.6) is 0 Å². The Morgan fingerprint density at radius 1 is 1.00 bits per heavy atom. The molecule has 9 heteroatoms. The van der Waals surface area contributed by atoms with Gasteiger partial charge in [-0.1, -0.05) is 0 Å². The lowest BCUT2D eigenvalue weighted by Crippen LogP contribution is -2.30. The molecule has 0 aliphatic heterocycles. The van der Waals surface area contributed by atoms with Crippen LogP contribution in [0.25, 0.3) is 0 Å². The number of nitrogen functional groups attached to an aromatic ring is 1. The standard InChI is InChI=1S/C17H17N5O2S2/c1-17(2,14-7-9-19-11-21-14)26(23,24)13-5-3-12(4-6-13)25-16-20-10-8-15(18)22-16/h3-11H,1-2H3,(H2,18,20,22). The molecule has 0 radical (unpaired) electrons. The van der Waals surface area contributed by atoms with Crippen molar-refractivity contribution in [2.75, 3.05) is 5.73 Å². The summed E-state index contributed by atoms with van der Waals surface area (Å²) in [6, 6.07) is 9.81. The molecule has 0 amide bonds. The number of rotatable bonds is 5. The van der Waals surface area contributed by atoms with E-state index < -0.39 is 14.6 Å². The molecule has 0 saturated heterocycles. The molecule has 3 aromatic rings. The number of aromatic nitrogens is 4. The summed E-state index contributed by atoms with van der Waals surface area (Å²) in [5.74, 6) is 0.383. The molecule has 2 aromatic heterocycles. The monoisotopic (exact) mass is 387 g/mol. The summed E-state index contributed by atoms with van der Waals surface area (Å²) >= 11 is 1.31. The molecule has 0 bridgehead atoms. The average molecular weight is 387 g/mol. The largest absolute Gasteiger partial charge is 0.384 e. The highest BCUT2D eigenvalue weighted by Crippen LogP contribution is 2.34. The van der Waals surface area contributed by atoms with E-state index in [1.807, 2.05) is 0 Å². The molecule has 134 valence electrons. The Balaban J connectivity index is 1.87. The van der Waals surface area contributed by atoms with E-state index in [1.54, 1.807) is 56.4 Å². The number of sulfone groups is 1. The maximum atomic E-state index is 13.1. The molecule has 0 spiro atoms. The van der Waals surface area contributed by atoms with Gasteiger partial charge in [-0.2, -0.15) is 0 Å². The molecule has 2 heterocycles. The van der Waals surface area contributed by atoms with Crippen molar-refractivity contribution < 1.29 is 8.42 Å². The fourth-order valence-corrected chi connectivity index (χ4v) is 4.50. The van der Waals surface area contributed by atoms with Gasteiger partial charge < -0.3 is 5.73 Å². The molecule has 0 aliphatic carbocycles. The molecule has 0 atom stereocenters. The molecule has 1 aromatic carbocycles. The molecule has 0 fully saturated rings. The molecular weight excluding hydrogens is 370 g/mol. The van der Waals surface area contributed by atoms with Gasteiger partial charge in [0.2, 0.25) is 0 Å². The summed E-state index contributed by atoms with van der Waals surface area (Å²) in [6.07, 6.45) is 4.45. The lowest BCUT2D eigenvalue weighted by molar-refractivity contribution is 0.549. The summed E-state index contributed by atoms with van der Waals surface area (Å²) in [4.78, 5) is 17.2. The van der Waals surface area contributed by atoms with E-state index in [4.69, 9.17) is 5.73 Å². The maximum absolute atomic E-state index is 13.1. The van der Waals surface area contributed by atoms with Gasteiger partial charge in [-0.15, -0.1) is 0 Å². The van der Waals surface area contributed by atoms with Gasteiger partial charge in [-0.3, -0.25) is 0 Å². The SMILES string of the molecule is CC(C)(c1ccncn1)S(=O)(=O)c1ccc(Sc2nccc(N)n2)cc1. The Labute approximate surface area is 156 Å². The number of nitrogens with two attached hydrogens (primary N) is 1. The zero-order chi connectivity index (χ0) is 18.8. The maximum Gasteiger partial charge on any atom is 0.194 e. The lowest BCUT2D eigenvalue weighted by Gasteiger charge is -2.24. The molecule has 0 aliphatic rings. The van der Waals surface area contributed by atoms with Crippen molar-refractivity contribution in [3.8, 4) is 0 Å². The quantitative estimate of drug-likeness (QED) is 0.665. The van der Waals surface area contributed by atoms with Crippen molar-refractivity contribution in [1.29, 1.82) is 0 Å². The third-order valence-electron chi connectivity index (χ3n) is 3.87. The van der Waals surface area contributed by atoms with Crippen LogP contribution in [0.4, 0.5) is 5.82 Å². The first-order chi connectivity index (χ1) is 12.3. The van der Waals surface area contributed by atoms with E-state index in [0.29, 0.717) is 16.7 Å². The summed E-state index contributed by atoms with van der Waals surface area (Å²) in [5.41, 5.74) is 6.09. The predicted octanol–water partition coefficient (Wildman–Crippen LogP) is 2.71. The molecule has 0 unspecified atom stereocenters. The first kappa shape index (κ1) is 18.3. The van der Waals surface area contributed by atoms with Crippen LogP contribution in [0.2, 0.25) is 0 Å². The fourth-order valence-electron chi connectivity index (χ4n) is 2.27. The molecular formula is C17H17N5O2S2. The highest BCUT2D eigenvalue weighted by molar-refractivity contribution is 7.99. The van der Waals surface area contributed by atoms with Gasteiger partial charge in [-0.25, -0.2) is 28.4 Å². The van der Waals surface area contributed by atoms with Crippen LogP contribution in [-0.2, 0) is 14.6 Å². The van der Waals surface area contributed by atoms with Crippen molar-refractivity contribution in [2.45, 2.75) is 33.5 Å². The summed E-state index contributed by atoms with van der Waals surface area (Å²) < 4.78 is 24.9.